The van der Waals surface area contributed by atoms with E-state index >= 15 is 0 Å². The molecule has 3 atom stereocenters. The average molecular weight is 237 g/mol. The van der Waals surface area contributed by atoms with Gasteiger partial charge in [0.25, 0.3) is 0 Å². The summed E-state index contributed by atoms with van der Waals surface area (Å²) in [6, 6.07) is 0.792. The first-order valence-corrected chi connectivity index (χ1v) is 7.39. The standard InChI is InChI=1S/C15H27NO/c1-3-9-15(2,12-17)11-16-10-8-13-6-4-5-7-14(13)16/h12-14H,3-11H2,1-2H3. The number of likely N-dealkylation sites (tertiary alicyclic amines) is 1. The molecule has 3 unspecified atom stereocenters. The van der Waals surface area contributed by atoms with Crippen LogP contribution in [-0.4, -0.2) is 30.3 Å². The zero-order valence-electron chi connectivity index (χ0n) is 11.5. The van der Waals surface area contributed by atoms with Crippen LogP contribution in [0.2, 0.25) is 0 Å². The lowest BCUT2D eigenvalue weighted by Gasteiger charge is -2.36. The van der Waals surface area contributed by atoms with Gasteiger partial charge in [-0.2, -0.15) is 0 Å². The summed E-state index contributed by atoms with van der Waals surface area (Å²) in [4.78, 5) is 14.0. The number of hydrogen-bond donors (Lipinski definition) is 0. The quantitative estimate of drug-likeness (QED) is 0.684. The third-order valence-corrected chi connectivity index (χ3v) is 4.80. The largest absolute Gasteiger partial charge is 0.303 e. The van der Waals surface area contributed by atoms with Crippen LogP contribution in [0.25, 0.3) is 0 Å². The molecule has 1 saturated carbocycles. The molecule has 0 radical (unpaired) electrons. The van der Waals surface area contributed by atoms with Crippen LogP contribution in [0.5, 0.6) is 0 Å². The van der Waals surface area contributed by atoms with Gasteiger partial charge in [0.1, 0.15) is 6.29 Å². The van der Waals surface area contributed by atoms with E-state index in [9.17, 15) is 4.79 Å². The van der Waals surface area contributed by atoms with Crippen molar-refractivity contribution in [2.24, 2.45) is 11.3 Å². The summed E-state index contributed by atoms with van der Waals surface area (Å²) in [5.74, 6) is 0.932. The minimum absolute atomic E-state index is 0.110. The second kappa shape index (κ2) is 5.51. The van der Waals surface area contributed by atoms with Gasteiger partial charge in [0.05, 0.1) is 0 Å². The van der Waals surface area contributed by atoms with Crippen molar-refractivity contribution in [1.82, 2.24) is 4.90 Å². The van der Waals surface area contributed by atoms with Crippen molar-refractivity contribution in [3.63, 3.8) is 0 Å². The van der Waals surface area contributed by atoms with Crippen molar-refractivity contribution >= 4 is 6.29 Å². The van der Waals surface area contributed by atoms with Gasteiger partial charge in [-0.05, 0) is 38.1 Å². The first-order valence-electron chi connectivity index (χ1n) is 7.39. The monoisotopic (exact) mass is 237 g/mol. The zero-order chi connectivity index (χ0) is 12.3. The van der Waals surface area contributed by atoms with Crippen molar-refractivity contribution in [1.29, 1.82) is 0 Å². The minimum atomic E-state index is -0.110. The smallest absolute Gasteiger partial charge is 0.127 e. The van der Waals surface area contributed by atoms with Gasteiger partial charge in [0.2, 0.25) is 0 Å². The van der Waals surface area contributed by atoms with Crippen molar-refractivity contribution in [3.8, 4) is 0 Å². The summed E-state index contributed by atoms with van der Waals surface area (Å²) in [6.45, 7) is 6.53. The maximum atomic E-state index is 11.3. The Morgan fingerprint density at radius 2 is 2.06 bits per heavy atom. The number of carbonyl (C=O) groups is 1. The molecule has 1 saturated heterocycles. The highest BCUT2D eigenvalue weighted by Crippen LogP contribution is 2.38. The van der Waals surface area contributed by atoms with Gasteiger partial charge < -0.3 is 4.79 Å². The molecule has 17 heavy (non-hydrogen) atoms. The van der Waals surface area contributed by atoms with E-state index in [-0.39, 0.29) is 5.41 Å². The van der Waals surface area contributed by atoms with Crippen LogP contribution in [0.3, 0.4) is 0 Å². The molecule has 0 bridgehead atoms. The van der Waals surface area contributed by atoms with Crippen molar-refractivity contribution < 1.29 is 4.79 Å². The van der Waals surface area contributed by atoms with Crippen LogP contribution in [0.15, 0.2) is 0 Å². The van der Waals surface area contributed by atoms with E-state index in [1.165, 1.54) is 44.9 Å². The SMILES string of the molecule is CCCC(C)(C=O)CN1CCC2CCCCC21. The Morgan fingerprint density at radius 3 is 2.76 bits per heavy atom. The highest BCUT2D eigenvalue weighted by molar-refractivity contribution is 5.59. The number of nitrogens with zero attached hydrogens (tertiary/aromatic N) is 1. The lowest BCUT2D eigenvalue weighted by Crippen LogP contribution is -2.42. The summed E-state index contributed by atoms with van der Waals surface area (Å²) in [6.07, 6.45) is 10.3. The normalized spacial score (nSPS) is 33.1. The van der Waals surface area contributed by atoms with Gasteiger partial charge in [-0.25, -0.2) is 0 Å². The van der Waals surface area contributed by atoms with Gasteiger partial charge in [0, 0.05) is 18.0 Å². The predicted octanol–water partition coefficient (Wildman–Crippen LogP) is 3.26. The van der Waals surface area contributed by atoms with Crippen molar-refractivity contribution in [2.75, 3.05) is 13.1 Å². The first kappa shape index (κ1) is 13.1. The molecule has 2 fully saturated rings. The third-order valence-electron chi connectivity index (χ3n) is 4.80. The molecule has 2 nitrogen and oxygen atoms in total. The van der Waals surface area contributed by atoms with Crippen LogP contribution >= 0.6 is 0 Å². The Bertz CT molecular complexity index is 266. The molecule has 2 rings (SSSR count). The second-order valence-electron chi connectivity index (χ2n) is 6.39. The maximum absolute atomic E-state index is 11.3. The Hall–Kier alpha value is -0.370. The summed E-state index contributed by atoms with van der Waals surface area (Å²) < 4.78 is 0. The van der Waals surface area contributed by atoms with Crippen LogP contribution in [-0.2, 0) is 4.79 Å². The zero-order valence-corrected chi connectivity index (χ0v) is 11.5. The van der Waals surface area contributed by atoms with E-state index < -0.39 is 0 Å². The van der Waals surface area contributed by atoms with Gasteiger partial charge in [0.15, 0.2) is 0 Å². The molecule has 98 valence electrons. The number of carbonyl (C=O) groups excluding carboxylic acids is 1. The molecule has 0 amide bonds. The van der Waals surface area contributed by atoms with Crippen LogP contribution in [0, 0.1) is 11.3 Å². The van der Waals surface area contributed by atoms with E-state index in [0.717, 1.165) is 31.3 Å². The fourth-order valence-electron chi connectivity index (χ4n) is 3.91. The van der Waals surface area contributed by atoms with E-state index in [1.807, 2.05) is 0 Å². The van der Waals surface area contributed by atoms with E-state index in [1.54, 1.807) is 0 Å². The average Bonchev–Trinajstić information content (AvgIpc) is 2.73. The van der Waals surface area contributed by atoms with E-state index in [0.29, 0.717) is 0 Å². The number of aldehydes is 1. The second-order valence-corrected chi connectivity index (χ2v) is 6.39. The molecule has 1 aliphatic carbocycles. The third kappa shape index (κ3) is 2.90. The maximum Gasteiger partial charge on any atom is 0.127 e. The van der Waals surface area contributed by atoms with Crippen molar-refractivity contribution in [2.45, 2.75) is 64.8 Å². The summed E-state index contributed by atoms with van der Waals surface area (Å²) >= 11 is 0. The van der Waals surface area contributed by atoms with Gasteiger partial charge in [-0.3, -0.25) is 4.90 Å². The Kier molecular flexibility index (Phi) is 4.24. The highest BCUT2D eigenvalue weighted by Gasteiger charge is 2.38. The van der Waals surface area contributed by atoms with Crippen LogP contribution < -0.4 is 0 Å². The lowest BCUT2D eigenvalue weighted by atomic mass is 9.83. The fraction of sp³-hybridized carbons (Fsp3) is 0.933. The van der Waals surface area contributed by atoms with Crippen molar-refractivity contribution in [3.05, 3.63) is 0 Å². The fourth-order valence-corrected chi connectivity index (χ4v) is 3.91. The van der Waals surface area contributed by atoms with Crippen LogP contribution in [0.1, 0.15) is 58.8 Å². The van der Waals surface area contributed by atoms with Gasteiger partial charge >= 0.3 is 0 Å². The molecule has 0 aromatic carbocycles. The van der Waals surface area contributed by atoms with E-state index in [4.69, 9.17) is 0 Å². The molecule has 1 heterocycles. The molecule has 2 heteroatoms. The van der Waals surface area contributed by atoms with Gasteiger partial charge in [-0.15, -0.1) is 0 Å². The van der Waals surface area contributed by atoms with E-state index in [2.05, 4.69) is 18.7 Å². The molecule has 0 spiro atoms. The molecule has 0 aromatic rings. The lowest BCUT2D eigenvalue weighted by molar-refractivity contribution is -0.117. The number of rotatable bonds is 5. The predicted molar refractivity (Wildman–Crippen MR) is 71.0 cm³/mol. The molecule has 2 aliphatic rings. The summed E-state index contributed by atoms with van der Waals surface area (Å²) in [5.41, 5.74) is -0.110. The minimum Gasteiger partial charge on any atom is -0.303 e. The Labute approximate surface area is 106 Å². The molecular formula is C15H27NO. The van der Waals surface area contributed by atoms with Crippen LogP contribution in [0.4, 0.5) is 0 Å². The molecule has 1 aliphatic heterocycles. The Morgan fingerprint density at radius 1 is 1.29 bits per heavy atom. The van der Waals surface area contributed by atoms with Gasteiger partial charge in [-0.1, -0.05) is 33.1 Å². The molecule has 0 aromatic heterocycles. The summed E-state index contributed by atoms with van der Waals surface area (Å²) in [7, 11) is 0. The Balaban J connectivity index is 1.96. The molecule has 0 N–H and O–H groups in total. The topological polar surface area (TPSA) is 20.3 Å². The highest BCUT2D eigenvalue weighted by atomic mass is 16.1. The molecular weight excluding hydrogens is 210 g/mol. The summed E-state index contributed by atoms with van der Waals surface area (Å²) in [5, 5.41) is 0. The number of fused-ring (bicyclic) bond motifs is 1. The first-order chi connectivity index (χ1) is 8.18. The number of hydrogen-bond acceptors (Lipinski definition) is 2.